The van der Waals surface area contributed by atoms with Gasteiger partial charge in [-0.1, -0.05) is 43.0 Å². The monoisotopic (exact) mass is 242 g/mol. The van der Waals surface area contributed by atoms with E-state index < -0.39 is 0 Å². The van der Waals surface area contributed by atoms with Gasteiger partial charge >= 0.3 is 0 Å². The van der Waals surface area contributed by atoms with Crippen LogP contribution in [0.2, 0.25) is 5.02 Å². The van der Waals surface area contributed by atoms with Crippen molar-refractivity contribution < 1.29 is 0 Å². The first-order valence-corrected chi connectivity index (χ1v) is 6.48. The number of hydrogen-bond acceptors (Lipinski definition) is 0. The Morgan fingerprint density at radius 1 is 1.13 bits per heavy atom. The minimum absolute atomic E-state index is 0.143. The van der Waals surface area contributed by atoms with Crippen LogP contribution in [0.25, 0.3) is 0 Å². The summed E-state index contributed by atoms with van der Waals surface area (Å²) in [4.78, 5) is 0. The molecule has 2 heteroatoms. The number of alkyl halides is 1. The molecule has 0 spiro atoms. The highest BCUT2D eigenvalue weighted by molar-refractivity contribution is 6.30. The molecule has 1 aromatic rings. The molecule has 1 aliphatic carbocycles. The third kappa shape index (κ3) is 2.89. The topological polar surface area (TPSA) is 0 Å². The van der Waals surface area contributed by atoms with Gasteiger partial charge < -0.3 is 0 Å². The van der Waals surface area contributed by atoms with E-state index in [1.807, 2.05) is 18.2 Å². The van der Waals surface area contributed by atoms with Crippen LogP contribution in [0.1, 0.15) is 43.0 Å². The molecule has 0 bridgehead atoms. The van der Waals surface area contributed by atoms with Gasteiger partial charge in [-0.05, 0) is 36.5 Å². The minimum atomic E-state index is 0.143. The molecule has 0 heterocycles. The molecule has 1 atom stereocenters. The molecule has 0 nitrogen and oxygen atoms in total. The largest absolute Gasteiger partial charge is 0.118 e. The fourth-order valence-electron chi connectivity index (χ4n) is 2.38. The minimum Gasteiger partial charge on any atom is -0.118 e. The van der Waals surface area contributed by atoms with Gasteiger partial charge in [0.05, 0.1) is 5.38 Å². The van der Waals surface area contributed by atoms with Gasteiger partial charge in [-0.3, -0.25) is 0 Å². The van der Waals surface area contributed by atoms with Gasteiger partial charge in [-0.2, -0.15) is 0 Å². The van der Waals surface area contributed by atoms with Crippen molar-refractivity contribution in [1.29, 1.82) is 0 Å². The second-order valence-electron chi connectivity index (χ2n) is 4.35. The summed E-state index contributed by atoms with van der Waals surface area (Å²) >= 11 is 12.5. The number of rotatable bonds is 2. The van der Waals surface area contributed by atoms with Gasteiger partial charge in [0, 0.05) is 5.02 Å². The highest BCUT2D eigenvalue weighted by Gasteiger charge is 2.22. The molecule has 82 valence electrons. The van der Waals surface area contributed by atoms with E-state index in [0.29, 0.717) is 5.92 Å². The van der Waals surface area contributed by atoms with E-state index in [0.717, 1.165) is 5.02 Å². The Bertz CT molecular complexity index is 316. The maximum absolute atomic E-state index is 6.50. The SMILES string of the molecule is Clc1cccc(C(Cl)C2CCCCC2)c1. The maximum Gasteiger partial charge on any atom is 0.0613 e. The van der Waals surface area contributed by atoms with E-state index in [4.69, 9.17) is 23.2 Å². The van der Waals surface area contributed by atoms with E-state index in [1.165, 1.54) is 37.7 Å². The molecule has 0 saturated heterocycles. The van der Waals surface area contributed by atoms with Crippen molar-refractivity contribution in [2.45, 2.75) is 37.5 Å². The first-order chi connectivity index (χ1) is 7.27. The lowest BCUT2D eigenvalue weighted by atomic mass is 9.84. The summed E-state index contributed by atoms with van der Waals surface area (Å²) < 4.78 is 0. The van der Waals surface area contributed by atoms with Crippen molar-refractivity contribution in [2.24, 2.45) is 5.92 Å². The van der Waals surface area contributed by atoms with E-state index >= 15 is 0 Å². The summed E-state index contributed by atoms with van der Waals surface area (Å²) in [6.07, 6.45) is 6.56. The summed E-state index contributed by atoms with van der Waals surface area (Å²) in [5.74, 6) is 0.638. The summed E-state index contributed by atoms with van der Waals surface area (Å²) in [6.45, 7) is 0. The second kappa shape index (κ2) is 5.23. The van der Waals surface area contributed by atoms with Crippen LogP contribution in [0, 0.1) is 5.92 Å². The quantitative estimate of drug-likeness (QED) is 0.626. The molecule has 0 aromatic heterocycles. The number of halogens is 2. The summed E-state index contributed by atoms with van der Waals surface area (Å²) in [5, 5.41) is 0.929. The molecule has 1 fully saturated rings. The fraction of sp³-hybridized carbons (Fsp3) is 0.538. The van der Waals surface area contributed by atoms with Crippen LogP contribution < -0.4 is 0 Å². The molecule has 1 aromatic carbocycles. The normalized spacial score (nSPS) is 20.1. The molecule has 15 heavy (non-hydrogen) atoms. The molecule has 0 N–H and O–H groups in total. The molecule has 0 aliphatic heterocycles. The lowest BCUT2D eigenvalue weighted by Gasteiger charge is -2.26. The lowest BCUT2D eigenvalue weighted by molar-refractivity contribution is 0.348. The molecule has 2 rings (SSSR count). The molecule has 1 unspecified atom stereocenters. The maximum atomic E-state index is 6.50. The van der Waals surface area contributed by atoms with Crippen molar-refractivity contribution >= 4 is 23.2 Å². The zero-order chi connectivity index (χ0) is 10.7. The van der Waals surface area contributed by atoms with Crippen molar-refractivity contribution in [3.63, 3.8) is 0 Å². The molecule has 0 amide bonds. The van der Waals surface area contributed by atoms with Crippen LogP contribution >= 0.6 is 23.2 Å². The zero-order valence-electron chi connectivity index (χ0n) is 8.76. The fourth-order valence-corrected chi connectivity index (χ4v) is 2.96. The van der Waals surface area contributed by atoms with Crippen LogP contribution in [0.3, 0.4) is 0 Å². The van der Waals surface area contributed by atoms with E-state index in [-0.39, 0.29) is 5.38 Å². The third-order valence-electron chi connectivity index (χ3n) is 3.23. The number of benzene rings is 1. The van der Waals surface area contributed by atoms with Gasteiger partial charge in [0.1, 0.15) is 0 Å². The molecule has 1 aliphatic rings. The van der Waals surface area contributed by atoms with E-state index in [2.05, 4.69) is 6.07 Å². The van der Waals surface area contributed by atoms with Gasteiger partial charge in [0.15, 0.2) is 0 Å². The molecule has 1 saturated carbocycles. The number of hydrogen-bond donors (Lipinski definition) is 0. The summed E-state index contributed by atoms with van der Waals surface area (Å²) in [7, 11) is 0. The lowest BCUT2D eigenvalue weighted by Crippen LogP contribution is -2.12. The Labute approximate surface area is 102 Å². The van der Waals surface area contributed by atoms with Gasteiger partial charge in [0.25, 0.3) is 0 Å². The third-order valence-corrected chi connectivity index (χ3v) is 4.07. The van der Waals surface area contributed by atoms with Crippen molar-refractivity contribution in [1.82, 2.24) is 0 Å². The predicted octanol–water partition coefficient (Wildman–Crippen LogP) is 5.20. The molecular formula is C13H16Cl2. The Morgan fingerprint density at radius 3 is 2.53 bits per heavy atom. The van der Waals surface area contributed by atoms with Crippen LogP contribution in [0.4, 0.5) is 0 Å². The zero-order valence-corrected chi connectivity index (χ0v) is 10.3. The van der Waals surface area contributed by atoms with Crippen molar-refractivity contribution in [2.75, 3.05) is 0 Å². The van der Waals surface area contributed by atoms with Crippen LogP contribution in [-0.4, -0.2) is 0 Å². The Hall–Kier alpha value is -0.200. The first-order valence-electron chi connectivity index (χ1n) is 5.67. The van der Waals surface area contributed by atoms with Crippen LogP contribution in [-0.2, 0) is 0 Å². The van der Waals surface area contributed by atoms with Gasteiger partial charge in [0.2, 0.25) is 0 Å². The van der Waals surface area contributed by atoms with Gasteiger partial charge in [-0.25, -0.2) is 0 Å². The van der Waals surface area contributed by atoms with E-state index in [1.54, 1.807) is 0 Å². The average molecular weight is 243 g/mol. The highest BCUT2D eigenvalue weighted by atomic mass is 35.5. The standard InChI is InChI=1S/C13H16Cl2/c14-12-8-4-7-11(9-12)13(15)10-5-2-1-3-6-10/h4,7-10,13H,1-3,5-6H2. The molecule has 0 radical (unpaired) electrons. The van der Waals surface area contributed by atoms with Crippen molar-refractivity contribution in [3.05, 3.63) is 34.9 Å². The van der Waals surface area contributed by atoms with E-state index in [9.17, 15) is 0 Å². The van der Waals surface area contributed by atoms with Crippen LogP contribution in [0.15, 0.2) is 24.3 Å². The van der Waals surface area contributed by atoms with Crippen molar-refractivity contribution in [3.8, 4) is 0 Å². The smallest absolute Gasteiger partial charge is 0.0613 e. The average Bonchev–Trinajstić information content (AvgIpc) is 2.29. The Balaban J connectivity index is 2.08. The predicted molar refractivity (Wildman–Crippen MR) is 66.6 cm³/mol. The summed E-state index contributed by atoms with van der Waals surface area (Å²) in [5.41, 5.74) is 1.18. The van der Waals surface area contributed by atoms with Gasteiger partial charge in [-0.15, -0.1) is 11.6 Å². The Morgan fingerprint density at radius 2 is 1.87 bits per heavy atom. The van der Waals surface area contributed by atoms with Crippen LogP contribution in [0.5, 0.6) is 0 Å². The Kier molecular flexibility index (Phi) is 3.93. The highest BCUT2D eigenvalue weighted by Crippen LogP contribution is 2.39. The second-order valence-corrected chi connectivity index (χ2v) is 5.26. The molecular weight excluding hydrogens is 227 g/mol. The first kappa shape index (κ1) is 11.3. The summed E-state index contributed by atoms with van der Waals surface area (Å²) in [6, 6.07) is 7.96.